The van der Waals surface area contributed by atoms with E-state index in [1.165, 1.54) is 5.56 Å². The Bertz CT molecular complexity index is 565. The van der Waals surface area contributed by atoms with Gasteiger partial charge in [0, 0.05) is 12.5 Å². The lowest BCUT2D eigenvalue weighted by molar-refractivity contribution is 0.413. The van der Waals surface area contributed by atoms with Gasteiger partial charge in [-0.2, -0.15) is 5.10 Å². The second-order valence-electron chi connectivity index (χ2n) is 5.58. The third kappa shape index (κ3) is 4.04. The maximum absolute atomic E-state index is 5.95. The van der Waals surface area contributed by atoms with E-state index in [0.29, 0.717) is 18.5 Å². The van der Waals surface area contributed by atoms with Crippen molar-refractivity contribution in [3.05, 3.63) is 42.0 Å². The zero-order chi connectivity index (χ0) is 15.2. The van der Waals surface area contributed by atoms with Crippen LogP contribution < -0.4 is 10.5 Å². The Morgan fingerprint density at radius 1 is 1.29 bits per heavy atom. The molecule has 0 aliphatic rings. The topological polar surface area (TPSA) is 66.0 Å². The molecule has 1 unspecified atom stereocenters. The molecule has 114 valence electrons. The highest BCUT2D eigenvalue weighted by atomic mass is 16.5. The van der Waals surface area contributed by atoms with Gasteiger partial charge in [-0.25, -0.2) is 9.67 Å². The molecule has 1 atom stereocenters. The number of hydrogen-bond donors (Lipinski definition) is 1. The summed E-state index contributed by atoms with van der Waals surface area (Å²) in [4.78, 5) is 4.37. The Morgan fingerprint density at radius 2 is 2.10 bits per heavy atom. The van der Waals surface area contributed by atoms with E-state index in [4.69, 9.17) is 10.5 Å². The zero-order valence-electron chi connectivity index (χ0n) is 13.0. The van der Waals surface area contributed by atoms with Gasteiger partial charge >= 0.3 is 0 Å². The predicted octanol–water partition coefficient (Wildman–Crippen LogP) is 2.23. The minimum absolute atomic E-state index is 0.317. The van der Waals surface area contributed by atoms with Gasteiger partial charge in [-0.05, 0) is 50.4 Å². The number of ether oxygens (including phenoxy) is 1. The highest BCUT2D eigenvalue weighted by Crippen LogP contribution is 2.18. The summed E-state index contributed by atoms with van der Waals surface area (Å²) >= 11 is 0. The molecule has 0 saturated carbocycles. The number of benzene rings is 1. The normalized spacial score (nSPS) is 12.6. The second kappa shape index (κ2) is 7.22. The zero-order valence-corrected chi connectivity index (χ0v) is 13.0. The molecule has 1 aromatic heterocycles. The molecule has 1 heterocycles. The molecule has 5 nitrogen and oxygen atoms in total. The minimum atomic E-state index is 0.317. The smallest absolute Gasteiger partial charge is 0.138 e. The third-order valence-corrected chi connectivity index (χ3v) is 3.60. The number of nitrogens with two attached hydrogens (primary N) is 1. The molecule has 0 radical (unpaired) electrons. The standard InChI is InChI=1S/C16H24N4O/c1-12(2)20-16(18-11-19-20)9-14(10-17)7-13-5-4-6-15(8-13)21-3/h4-6,8,11-12,14H,7,9-10,17H2,1-3H3. The Hall–Kier alpha value is -1.88. The van der Waals surface area contributed by atoms with Crippen LogP contribution in [0.1, 0.15) is 31.3 Å². The summed E-state index contributed by atoms with van der Waals surface area (Å²) in [6.07, 6.45) is 3.37. The van der Waals surface area contributed by atoms with E-state index in [-0.39, 0.29) is 0 Å². The Morgan fingerprint density at radius 3 is 2.76 bits per heavy atom. The molecule has 0 fully saturated rings. The van der Waals surface area contributed by atoms with Gasteiger partial charge in [0.15, 0.2) is 0 Å². The van der Waals surface area contributed by atoms with Crippen molar-refractivity contribution in [3.8, 4) is 5.75 Å². The fraction of sp³-hybridized carbons (Fsp3) is 0.500. The van der Waals surface area contributed by atoms with Gasteiger partial charge in [0.1, 0.15) is 17.9 Å². The number of hydrogen-bond acceptors (Lipinski definition) is 4. The van der Waals surface area contributed by atoms with Gasteiger partial charge in [0.25, 0.3) is 0 Å². The van der Waals surface area contributed by atoms with Crippen LogP contribution in [-0.4, -0.2) is 28.4 Å². The van der Waals surface area contributed by atoms with Gasteiger partial charge in [-0.1, -0.05) is 12.1 Å². The molecule has 0 spiro atoms. The van der Waals surface area contributed by atoms with E-state index < -0.39 is 0 Å². The fourth-order valence-electron chi connectivity index (χ4n) is 2.48. The quantitative estimate of drug-likeness (QED) is 0.848. The molecule has 0 saturated heterocycles. The van der Waals surface area contributed by atoms with Gasteiger partial charge in [-0.3, -0.25) is 0 Å². The van der Waals surface area contributed by atoms with Gasteiger partial charge in [-0.15, -0.1) is 0 Å². The summed E-state index contributed by atoms with van der Waals surface area (Å²) in [5, 5.41) is 4.28. The van der Waals surface area contributed by atoms with E-state index in [1.807, 2.05) is 16.8 Å². The van der Waals surface area contributed by atoms with Gasteiger partial charge in [0.2, 0.25) is 0 Å². The second-order valence-corrected chi connectivity index (χ2v) is 5.58. The van der Waals surface area contributed by atoms with Crippen molar-refractivity contribution in [1.29, 1.82) is 0 Å². The summed E-state index contributed by atoms with van der Waals surface area (Å²) in [6.45, 7) is 4.84. The lowest BCUT2D eigenvalue weighted by Gasteiger charge is -2.16. The Labute approximate surface area is 126 Å². The third-order valence-electron chi connectivity index (χ3n) is 3.60. The average Bonchev–Trinajstić information content (AvgIpc) is 2.95. The minimum Gasteiger partial charge on any atom is -0.497 e. The molecule has 2 N–H and O–H groups in total. The van der Waals surface area contributed by atoms with Crippen molar-refractivity contribution in [2.24, 2.45) is 11.7 Å². The molecule has 0 amide bonds. The van der Waals surface area contributed by atoms with E-state index >= 15 is 0 Å². The summed E-state index contributed by atoms with van der Waals surface area (Å²) in [7, 11) is 1.69. The first-order valence-corrected chi connectivity index (χ1v) is 7.35. The van der Waals surface area contributed by atoms with E-state index in [1.54, 1.807) is 13.4 Å². The first-order chi connectivity index (χ1) is 10.1. The number of nitrogens with zero attached hydrogens (tertiary/aromatic N) is 3. The monoisotopic (exact) mass is 288 g/mol. The maximum Gasteiger partial charge on any atom is 0.138 e. The molecule has 2 rings (SSSR count). The Kier molecular flexibility index (Phi) is 5.33. The van der Waals surface area contributed by atoms with Crippen LogP contribution in [0, 0.1) is 5.92 Å². The van der Waals surface area contributed by atoms with Crippen molar-refractivity contribution in [1.82, 2.24) is 14.8 Å². The summed E-state index contributed by atoms with van der Waals surface area (Å²) in [5.74, 6) is 2.23. The molecular formula is C16H24N4O. The first kappa shape index (κ1) is 15.5. The molecule has 0 bridgehead atoms. The van der Waals surface area contributed by atoms with E-state index in [9.17, 15) is 0 Å². The molecular weight excluding hydrogens is 264 g/mol. The van der Waals surface area contributed by atoms with Crippen molar-refractivity contribution < 1.29 is 4.74 Å². The summed E-state index contributed by atoms with van der Waals surface area (Å²) < 4.78 is 7.24. The van der Waals surface area contributed by atoms with Crippen molar-refractivity contribution in [2.45, 2.75) is 32.7 Å². The van der Waals surface area contributed by atoms with E-state index in [2.05, 4.69) is 36.1 Å². The fourth-order valence-corrected chi connectivity index (χ4v) is 2.48. The van der Waals surface area contributed by atoms with Crippen LogP contribution in [0.2, 0.25) is 0 Å². The molecule has 1 aromatic carbocycles. The Balaban J connectivity index is 2.07. The van der Waals surface area contributed by atoms with Gasteiger partial charge in [0.05, 0.1) is 7.11 Å². The summed E-state index contributed by atoms with van der Waals surface area (Å²) in [5.41, 5.74) is 7.18. The van der Waals surface area contributed by atoms with Crippen LogP contribution in [0.5, 0.6) is 5.75 Å². The number of rotatable bonds is 7. The van der Waals surface area contributed by atoms with E-state index in [0.717, 1.165) is 24.4 Å². The SMILES string of the molecule is COc1cccc(CC(CN)Cc2ncnn2C(C)C)c1. The number of methoxy groups -OCH3 is 1. The largest absolute Gasteiger partial charge is 0.497 e. The van der Waals surface area contributed by atoms with Crippen LogP contribution in [0.4, 0.5) is 0 Å². The van der Waals surface area contributed by atoms with Crippen LogP contribution in [-0.2, 0) is 12.8 Å². The highest BCUT2D eigenvalue weighted by molar-refractivity contribution is 5.28. The number of aromatic nitrogens is 3. The highest BCUT2D eigenvalue weighted by Gasteiger charge is 2.15. The maximum atomic E-state index is 5.95. The molecule has 21 heavy (non-hydrogen) atoms. The van der Waals surface area contributed by atoms with Crippen molar-refractivity contribution in [2.75, 3.05) is 13.7 Å². The molecule has 0 aliphatic carbocycles. The molecule has 2 aromatic rings. The van der Waals surface area contributed by atoms with Crippen LogP contribution >= 0.6 is 0 Å². The van der Waals surface area contributed by atoms with Crippen molar-refractivity contribution in [3.63, 3.8) is 0 Å². The van der Waals surface area contributed by atoms with Crippen molar-refractivity contribution >= 4 is 0 Å². The molecule has 0 aliphatic heterocycles. The predicted molar refractivity (Wildman–Crippen MR) is 83.4 cm³/mol. The molecule has 5 heteroatoms. The first-order valence-electron chi connectivity index (χ1n) is 7.35. The average molecular weight is 288 g/mol. The van der Waals surface area contributed by atoms with Gasteiger partial charge < -0.3 is 10.5 Å². The summed E-state index contributed by atoms with van der Waals surface area (Å²) in [6, 6.07) is 8.46. The van der Waals surface area contributed by atoms with Crippen LogP contribution in [0.25, 0.3) is 0 Å². The van der Waals surface area contributed by atoms with Crippen LogP contribution in [0.3, 0.4) is 0 Å². The lowest BCUT2D eigenvalue weighted by Crippen LogP contribution is -2.22. The lowest BCUT2D eigenvalue weighted by atomic mass is 9.95. The van der Waals surface area contributed by atoms with Crippen LogP contribution in [0.15, 0.2) is 30.6 Å².